The molecule has 1 aromatic carbocycles. The summed E-state index contributed by atoms with van der Waals surface area (Å²) in [5.74, 6) is -0.407. The van der Waals surface area contributed by atoms with E-state index in [9.17, 15) is 9.18 Å². The Balaban J connectivity index is 2.01. The van der Waals surface area contributed by atoms with Crippen LogP contribution in [0.4, 0.5) is 4.39 Å². The summed E-state index contributed by atoms with van der Waals surface area (Å²) in [4.78, 5) is 13.2. The zero-order chi connectivity index (χ0) is 17.8. The third-order valence-corrected chi connectivity index (χ3v) is 5.80. The highest BCUT2D eigenvalue weighted by Gasteiger charge is 2.56. The van der Waals surface area contributed by atoms with Gasteiger partial charge in [-0.3, -0.25) is 4.79 Å². The first-order chi connectivity index (χ1) is 11.9. The van der Waals surface area contributed by atoms with Crippen molar-refractivity contribution in [3.8, 4) is 0 Å². The van der Waals surface area contributed by atoms with Crippen molar-refractivity contribution in [2.24, 2.45) is 15.6 Å². The van der Waals surface area contributed by atoms with E-state index < -0.39 is 22.8 Å². The Labute approximate surface area is 146 Å². The van der Waals surface area contributed by atoms with Gasteiger partial charge in [0.1, 0.15) is 0 Å². The van der Waals surface area contributed by atoms with Crippen LogP contribution < -0.4 is 5.32 Å². The second-order valence-electron chi connectivity index (χ2n) is 7.73. The maximum Gasteiger partial charge on any atom is 0.196 e. The second-order valence-corrected chi connectivity index (χ2v) is 7.73. The number of hydrogen-bond donors (Lipinski definition) is 1. The summed E-state index contributed by atoms with van der Waals surface area (Å²) in [6, 6.07) is 9.88. The number of ketones is 1. The van der Waals surface area contributed by atoms with Gasteiger partial charge in [-0.25, -0.2) is 4.39 Å². The molecule has 0 saturated carbocycles. The fourth-order valence-corrected chi connectivity index (χ4v) is 4.53. The van der Waals surface area contributed by atoms with Crippen molar-refractivity contribution < 1.29 is 9.18 Å². The number of halogens is 1. The molecule has 130 valence electrons. The number of carbonyl (C=O) groups is 1. The lowest BCUT2D eigenvalue weighted by molar-refractivity contribution is -0.126. The number of nitrogens with zero attached hydrogens (tertiary/aromatic N) is 2. The molecule has 5 heteroatoms. The number of Topliss-reactive ketones (excluding diaryl/α,β-unsaturated/α-hetero) is 1. The van der Waals surface area contributed by atoms with Crippen molar-refractivity contribution in [3.63, 3.8) is 0 Å². The summed E-state index contributed by atoms with van der Waals surface area (Å²) >= 11 is 0. The van der Waals surface area contributed by atoms with Gasteiger partial charge < -0.3 is 5.32 Å². The SMILES string of the molecule is CC[C@@]1(c2ccccc2)C2=CN=NC2NC2=C1C(=O)[C@@H](F)C(C)(C)C2. The van der Waals surface area contributed by atoms with Crippen LogP contribution in [-0.2, 0) is 10.2 Å². The van der Waals surface area contributed by atoms with Gasteiger partial charge >= 0.3 is 0 Å². The average molecular weight is 339 g/mol. The van der Waals surface area contributed by atoms with Crippen LogP contribution in [-0.4, -0.2) is 18.1 Å². The summed E-state index contributed by atoms with van der Waals surface area (Å²) < 4.78 is 15.0. The molecule has 0 amide bonds. The molecule has 0 fully saturated rings. The van der Waals surface area contributed by atoms with Gasteiger partial charge in [-0.2, -0.15) is 10.2 Å². The fourth-order valence-electron chi connectivity index (χ4n) is 4.53. The lowest BCUT2D eigenvalue weighted by atomic mass is 9.58. The Hall–Kier alpha value is -2.30. The molecule has 1 aromatic rings. The van der Waals surface area contributed by atoms with Crippen molar-refractivity contribution in [2.45, 2.75) is 51.4 Å². The molecule has 0 saturated heterocycles. The summed E-state index contributed by atoms with van der Waals surface area (Å²) in [5, 5.41) is 11.7. The molecule has 4 rings (SSSR count). The Bertz CT molecular complexity index is 825. The first-order valence-corrected chi connectivity index (χ1v) is 8.76. The minimum Gasteiger partial charge on any atom is -0.362 e. The first kappa shape index (κ1) is 16.2. The molecule has 1 unspecified atom stereocenters. The van der Waals surface area contributed by atoms with E-state index in [0.717, 1.165) is 16.8 Å². The number of carbonyl (C=O) groups excluding carboxylic acids is 1. The van der Waals surface area contributed by atoms with Crippen LogP contribution in [0.5, 0.6) is 0 Å². The summed E-state index contributed by atoms with van der Waals surface area (Å²) in [7, 11) is 0. The van der Waals surface area contributed by atoms with Gasteiger partial charge in [-0.1, -0.05) is 51.1 Å². The van der Waals surface area contributed by atoms with E-state index in [-0.39, 0.29) is 6.17 Å². The van der Waals surface area contributed by atoms with Crippen LogP contribution in [0, 0.1) is 5.41 Å². The minimum atomic E-state index is -1.50. The number of fused-ring (bicyclic) bond motifs is 1. The van der Waals surface area contributed by atoms with Crippen molar-refractivity contribution >= 4 is 5.78 Å². The number of rotatable bonds is 2. The van der Waals surface area contributed by atoms with Crippen molar-refractivity contribution in [2.75, 3.05) is 0 Å². The molecule has 1 N–H and O–H groups in total. The predicted molar refractivity (Wildman–Crippen MR) is 93.6 cm³/mol. The molecule has 0 spiro atoms. The number of azo groups is 1. The lowest BCUT2D eigenvalue weighted by Gasteiger charge is -2.48. The van der Waals surface area contributed by atoms with E-state index in [0.29, 0.717) is 18.4 Å². The van der Waals surface area contributed by atoms with Crippen LogP contribution in [0.15, 0.2) is 63.6 Å². The molecule has 4 nitrogen and oxygen atoms in total. The zero-order valence-electron chi connectivity index (χ0n) is 14.7. The van der Waals surface area contributed by atoms with Crippen molar-refractivity contribution in [1.29, 1.82) is 0 Å². The largest absolute Gasteiger partial charge is 0.362 e. The molecular weight excluding hydrogens is 317 g/mol. The third-order valence-electron chi connectivity index (χ3n) is 5.80. The maximum atomic E-state index is 15.0. The number of hydrogen-bond acceptors (Lipinski definition) is 4. The summed E-state index contributed by atoms with van der Waals surface area (Å²) in [5.41, 5.74) is 1.90. The second kappa shape index (κ2) is 5.35. The normalized spacial score (nSPS) is 32.8. The molecule has 0 radical (unpaired) electrons. The van der Waals surface area contributed by atoms with Crippen LogP contribution in [0.1, 0.15) is 39.2 Å². The fraction of sp³-hybridized carbons (Fsp3) is 0.450. The first-order valence-electron chi connectivity index (χ1n) is 8.76. The highest BCUT2D eigenvalue weighted by atomic mass is 19.1. The highest BCUT2D eigenvalue weighted by molar-refractivity contribution is 6.04. The van der Waals surface area contributed by atoms with E-state index in [1.807, 2.05) is 37.3 Å². The average Bonchev–Trinajstić information content (AvgIpc) is 3.07. The van der Waals surface area contributed by atoms with E-state index >= 15 is 0 Å². The van der Waals surface area contributed by atoms with Gasteiger partial charge in [0.05, 0.1) is 11.6 Å². The topological polar surface area (TPSA) is 53.8 Å². The molecule has 2 heterocycles. The Kier molecular flexibility index (Phi) is 3.46. The van der Waals surface area contributed by atoms with E-state index in [1.165, 1.54) is 0 Å². The standard InChI is InChI=1S/C20H22FN3O/c1-4-20(12-8-6-5-7-9-12)13-11-22-24-18(13)23-14-10-19(2,3)17(21)16(25)15(14)20/h5-9,11,17-18,23H,4,10H2,1-3H3/t17-,18?,20-/m1/s1. The van der Waals surface area contributed by atoms with Crippen LogP contribution in [0.25, 0.3) is 0 Å². The Morgan fingerprint density at radius 1 is 1.28 bits per heavy atom. The van der Waals surface area contributed by atoms with Crippen LogP contribution in [0.3, 0.4) is 0 Å². The van der Waals surface area contributed by atoms with Gasteiger partial charge in [-0.05, 0) is 18.4 Å². The number of benzene rings is 1. The smallest absolute Gasteiger partial charge is 0.196 e. The molecule has 25 heavy (non-hydrogen) atoms. The third kappa shape index (κ3) is 2.08. The molecule has 0 aromatic heterocycles. The minimum absolute atomic E-state index is 0.279. The summed E-state index contributed by atoms with van der Waals surface area (Å²) in [6.45, 7) is 5.65. The zero-order valence-corrected chi connectivity index (χ0v) is 14.7. The van der Waals surface area contributed by atoms with Gasteiger partial charge in [0.25, 0.3) is 0 Å². The molecular formula is C20H22FN3O. The van der Waals surface area contributed by atoms with Gasteiger partial charge in [0, 0.05) is 22.3 Å². The Morgan fingerprint density at radius 2 is 2.00 bits per heavy atom. The molecule has 3 atom stereocenters. The van der Waals surface area contributed by atoms with Crippen molar-refractivity contribution in [3.05, 3.63) is 58.9 Å². The van der Waals surface area contributed by atoms with E-state index in [4.69, 9.17) is 0 Å². The summed E-state index contributed by atoms with van der Waals surface area (Å²) in [6.07, 6.45) is 1.10. The quantitative estimate of drug-likeness (QED) is 0.878. The van der Waals surface area contributed by atoms with Gasteiger partial charge in [0.2, 0.25) is 0 Å². The van der Waals surface area contributed by atoms with E-state index in [1.54, 1.807) is 20.0 Å². The number of allylic oxidation sites excluding steroid dienone is 2. The van der Waals surface area contributed by atoms with Crippen molar-refractivity contribution in [1.82, 2.24) is 5.32 Å². The highest BCUT2D eigenvalue weighted by Crippen LogP contribution is 2.54. The molecule has 3 aliphatic rings. The Morgan fingerprint density at radius 3 is 2.68 bits per heavy atom. The van der Waals surface area contributed by atoms with E-state index in [2.05, 4.69) is 15.5 Å². The lowest BCUT2D eigenvalue weighted by Crippen LogP contribution is -2.54. The van der Waals surface area contributed by atoms with Crippen LogP contribution >= 0.6 is 0 Å². The predicted octanol–water partition coefficient (Wildman–Crippen LogP) is 4.20. The van der Waals surface area contributed by atoms with Crippen LogP contribution in [0.2, 0.25) is 0 Å². The number of alkyl halides is 1. The molecule has 1 aliphatic carbocycles. The monoisotopic (exact) mass is 339 g/mol. The number of nitrogens with one attached hydrogen (secondary N) is 1. The van der Waals surface area contributed by atoms with Gasteiger partial charge in [0.15, 0.2) is 18.1 Å². The molecule has 0 bridgehead atoms. The van der Waals surface area contributed by atoms with Gasteiger partial charge in [-0.15, -0.1) is 0 Å². The maximum absolute atomic E-state index is 15.0. The molecule has 2 aliphatic heterocycles.